The zero-order valence-electron chi connectivity index (χ0n) is 9.47. The van der Waals surface area contributed by atoms with Crippen LogP contribution in [0.5, 0.6) is 0 Å². The van der Waals surface area contributed by atoms with Gasteiger partial charge in [0.2, 0.25) is 5.91 Å². The lowest BCUT2D eigenvalue weighted by molar-refractivity contribution is -0.125. The third kappa shape index (κ3) is 2.98. The number of nitrogens with one attached hydrogen (secondary N) is 2. The molecule has 0 spiro atoms. The summed E-state index contributed by atoms with van der Waals surface area (Å²) in [5.74, 6) is 0.974. The largest absolute Gasteiger partial charge is 0.353 e. The molecule has 82 valence electrons. The Morgan fingerprint density at radius 1 is 1.43 bits per heavy atom. The Morgan fingerprint density at radius 3 is 2.50 bits per heavy atom. The Balaban J connectivity index is 2.24. The molecule has 0 aromatic carbocycles. The van der Waals surface area contributed by atoms with Crippen molar-refractivity contribution in [2.45, 2.75) is 39.2 Å². The van der Waals surface area contributed by atoms with Gasteiger partial charge < -0.3 is 10.6 Å². The van der Waals surface area contributed by atoms with E-state index in [0.29, 0.717) is 6.04 Å². The molecule has 1 amide bonds. The molecule has 1 aliphatic carbocycles. The third-order valence-corrected chi connectivity index (χ3v) is 3.18. The molecule has 0 aliphatic heterocycles. The summed E-state index contributed by atoms with van der Waals surface area (Å²) in [6.07, 6.45) is 3.89. The van der Waals surface area contributed by atoms with E-state index in [9.17, 15) is 4.79 Å². The van der Waals surface area contributed by atoms with E-state index in [2.05, 4.69) is 17.6 Å². The van der Waals surface area contributed by atoms with Gasteiger partial charge >= 0.3 is 0 Å². The number of carbonyl (C=O) groups is 1. The fourth-order valence-electron chi connectivity index (χ4n) is 1.82. The van der Waals surface area contributed by atoms with Crippen LogP contribution in [0.15, 0.2) is 0 Å². The molecule has 1 rings (SSSR count). The van der Waals surface area contributed by atoms with Gasteiger partial charge in [0.1, 0.15) is 0 Å². The first-order valence-electron chi connectivity index (χ1n) is 5.60. The summed E-state index contributed by atoms with van der Waals surface area (Å²) in [6.45, 7) is 4.83. The van der Waals surface area contributed by atoms with Crippen molar-refractivity contribution in [1.29, 1.82) is 0 Å². The molecule has 0 aromatic rings. The highest BCUT2D eigenvalue weighted by Gasteiger charge is 2.25. The Labute approximate surface area is 86.6 Å². The lowest BCUT2D eigenvalue weighted by atomic mass is 9.80. The molecule has 2 atom stereocenters. The molecule has 0 bridgehead atoms. The lowest BCUT2D eigenvalue weighted by Gasteiger charge is -2.32. The zero-order chi connectivity index (χ0) is 10.6. The van der Waals surface area contributed by atoms with Crippen molar-refractivity contribution in [3.63, 3.8) is 0 Å². The number of rotatable bonds is 5. The fourth-order valence-corrected chi connectivity index (χ4v) is 1.82. The van der Waals surface area contributed by atoms with Crippen LogP contribution in [0.4, 0.5) is 0 Å². The molecule has 2 unspecified atom stereocenters. The average molecular weight is 198 g/mol. The summed E-state index contributed by atoms with van der Waals surface area (Å²) in [5.41, 5.74) is 0. The van der Waals surface area contributed by atoms with Crippen LogP contribution in [-0.4, -0.2) is 25.5 Å². The van der Waals surface area contributed by atoms with Crippen molar-refractivity contribution in [2.24, 2.45) is 11.8 Å². The van der Waals surface area contributed by atoms with Crippen LogP contribution < -0.4 is 10.6 Å². The van der Waals surface area contributed by atoms with Crippen LogP contribution >= 0.6 is 0 Å². The molecule has 0 saturated heterocycles. The van der Waals surface area contributed by atoms with Crippen LogP contribution in [0.25, 0.3) is 0 Å². The highest BCUT2D eigenvalue weighted by atomic mass is 16.1. The molecule has 0 heterocycles. The number of hydrogen-bond donors (Lipinski definition) is 2. The molecule has 14 heavy (non-hydrogen) atoms. The second-order valence-electron chi connectivity index (χ2n) is 4.45. The van der Waals surface area contributed by atoms with E-state index < -0.39 is 0 Å². The van der Waals surface area contributed by atoms with E-state index in [1.165, 1.54) is 19.3 Å². The topological polar surface area (TPSA) is 41.1 Å². The van der Waals surface area contributed by atoms with E-state index in [1.54, 1.807) is 0 Å². The molecular formula is C11H22N2O. The van der Waals surface area contributed by atoms with Crippen molar-refractivity contribution < 1.29 is 4.79 Å². The van der Waals surface area contributed by atoms with Crippen LogP contribution in [0.2, 0.25) is 0 Å². The Bertz CT molecular complexity index is 190. The number of amides is 1. The molecular weight excluding hydrogens is 176 g/mol. The predicted octanol–water partition coefficient (Wildman–Crippen LogP) is 1.15. The first-order chi connectivity index (χ1) is 6.65. The highest BCUT2D eigenvalue weighted by molar-refractivity contribution is 5.78. The molecule has 1 fully saturated rings. The van der Waals surface area contributed by atoms with Gasteiger partial charge in [0.25, 0.3) is 0 Å². The first-order valence-corrected chi connectivity index (χ1v) is 5.60. The second-order valence-corrected chi connectivity index (χ2v) is 4.45. The maximum Gasteiger partial charge on any atom is 0.224 e. The van der Waals surface area contributed by atoms with Gasteiger partial charge in [-0.1, -0.05) is 13.3 Å². The summed E-state index contributed by atoms with van der Waals surface area (Å²) in [5, 5.41) is 6.11. The van der Waals surface area contributed by atoms with Crippen LogP contribution in [0.1, 0.15) is 33.1 Å². The van der Waals surface area contributed by atoms with E-state index in [4.69, 9.17) is 0 Å². The number of hydrogen-bond acceptors (Lipinski definition) is 2. The average Bonchev–Trinajstić information content (AvgIpc) is 2.00. The summed E-state index contributed by atoms with van der Waals surface area (Å²) in [6, 6.07) is 0.357. The van der Waals surface area contributed by atoms with Gasteiger partial charge in [-0.2, -0.15) is 0 Å². The summed E-state index contributed by atoms with van der Waals surface area (Å²) in [7, 11) is 1.87. The first kappa shape index (κ1) is 11.5. The maximum absolute atomic E-state index is 11.6. The van der Waals surface area contributed by atoms with Crippen molar-refractivity contribution in [2.75, 3.05) is 13.6 Å². The van der Waals surface area contributed by atoms with E-state index in [0.717, 1.165) is 12.5 Å². The van der Waals surface area contributed by atoms with E-state index in [-0.39, 0.29) is 11.8 Å². The third-order valence-electron chi connectivity index (χ3n) is 3.18. The normalized spacial score (nSPS) is 21.1. The summed E-state index contributed by atoms with van der Waals surface area (Å²) >= 11 is 0. The van der Waals surface area contributed by atoms with Gasteiger partial charge in [-0.3, -0.25) is 4.79 Å². The smallest absolute Gasteiger partial charge is 0.224 e. The predicted molar refractivity (Wildman–Crippen MR) is 58.0 cm³/mol. The SMILES string of the molecule is CNCC(C)C(=O)NC(C)C1CCC1. The van der Waals surface area contributed by atoms with Crippen LogP contribution in [0, 0.1) is 11.8 Å². The fraction of sp³-hybridized carbons (Fsp3) is 0.909. The van der Waals surface area contributed by atoms with Gasteiger partial charge in [0, 0.05) is 18.5 Å². The minimum Gasteiger partial charge on any atom is -0.353 e. The molecule has 1 saturated carbocycles. The second kappa shape index (κ2) is 5.35. The van der Waals surface area contributed by atoms with Gasteiger partial charge in [-0.05, 0) is 32.7 Å². The Kier molecular flexibility index (Phi) is 4.39. The highest BCUT2D eigenvalue weighted by Crippen LogP contribution is 2.29. The quantitative estimate of drug-likeness (QED) is 0.695. The van der Waals surface area contributed by atoms with E-state index in [1.807, 2.05) is 14.0 Å². The van der Waals surface area contributed by atoms with E-state index >= 15 is 0 Å². The molecule has 2 N–H and O–H groups in total. The van der Waals surface area contributed by atoms with Crippen molar-refractivity contribution in [3.05, 3.63) is 0 Å². The summed E-state index contributed by atoms with van der Waals surface area (Å²) in [4.78, 5) is 11.6. The van der Waals surface area contributed by atoms with Gasteiger partial charge in [0.15, 0.2) is 0 Å². The van der Waals surface area contributed by atoms with Crippen LogP contribution in [-0.2, 0) is 4.79 Å². The van der Waals surface area contributed by atoms with Crippen molar-refractivity contribution in [1.82, 2.24) is 10.6 Å². The Morgan fingerprint density at radius 2 is 2.07 bits per heavy atom. The van der Waals surface area contributed by atoms with Gasteiger partial charge in [0.05, 0.1) is 0 Å². The van der Waals surface area contributed by atoms with Gasteiger partial charge in [-0.25, -0.2) is 0 Å². The maximum atomic E-state index is 11.6. The molecule has 1 aliphatic rings. The summed E-state index contributed by atoms with van der Waals surface area (Å²) < 4.78 is 0. The minimum atomic E-state index is 0.0718. The lowest BCUT2D eigenvalue weighted by Crippen LogP contribution is -2.44. The minimum absolute atomic E-state index is 0.0718. The van der Waals surface area contributed by atoms with Crippen molar-refractivity contribution in [3.8, 4) is 0 Å². The van der Waals surface area contributed by atoms with Gasteiger partial charge in [-0.15, -0.1) is 0 Å². The molecule has 3 heteroatoms. The van der Waals surface area contributed by atoms with Crippen LogP contribution in [0.3, 0.4) is 0 Å². The molecule has 3 nitrogen and oxygen atoms in total. The zero-order valence-corrected chi connectivity index (χ0v) is 9.47. The van der Waals surface area contributed by atoms with Crippen molar-refractivity contribution >= 4 is 5.91 Å². The Hall–Kier alpha value is -0.570. The molecule has 0 radical (unpaired) electrons. The number of carbonyl (C=O) groups excluding carboxylic acids is 1. The monoisotopic (exact) mass is 198 g/mol. The standard InChI is InChI=1S/C11H22N2O/c1-8(7-12-3)11(14)13-9(2)10-5-4-6-10/h8-10,12H,4-7H2,1-3H3,(H,13,14). The molecule has 0 aromatic heterocycles.